The Bertz CT molecular complexity index is 750. The van der Waals surface area contributed by atoms with Crippen LogP contribution in [0, 0.1) is 45.8 Å². The van der Waals surface area contributed by atoms with Crippen LogP contribution in [0.4, 0.5) is 0 Å². The lowest BCUT2D eigenvalue weighted by Crippen LogP contribution is -2.56. The summed E-state index contributed by atoms with van der Waals surface area (Å²) in [5, 5.41) is 0. The van der Waals surface area contributed by atoms with E-state index >= 15 is 0 Å². The average Bonchev–Trinajstić information content (AvgIpc) is 2.94. The number of allylic oxidation sites excluding steroid dienone is 1. The van der Waals surface area contributed by atoms with Crippen LogP contribution in [0.2, 0.25) is 0 Å². The van der Waals surface area contributed by atoms with Crippen molar-refractivity contribution < 1.29 is 9.59 Å². The van der Waals surface area contributed by atoms with Gasteiger partial charge in [-0.2, -0.15) is 0 Å². The minimum absolute atomic E-state index is 0.0380. The number of ketones is 2. The summed E-state index contributed by atoms with van der Waals surface area (Å²) in [6.07, 6.45) is 13.8. The molecule has 5 rings (SSSR count). The molecule has 0 aromatic rings. The molecule has 0 amide bonds. The second kappa shape index (κ2) is 6.05. The molecule has 5 aliphatic rings. The zero-order valence-electron chi connectivity index (χ0n) is 18.4. The van der Waals surface area contributed by atoms with E-state index in [-0.39, 0.29) is 16.2 Å². The third-order valence-electron chi connectivity index (χ3n) is 10.9. The maximum absolute atomic E-state index is 13.2. The van der Waals surface area contributed by atoms with E-state index in [0.717, 1.165) is 25.2 Å². The molecule has 2 nitrogen and oxygen atoms in total. The molecule has 5 aliphatic carbocycles. The third-order valence-corrected chi connectivity index (χ3v) is 10.9. The quantitative estimate of drug-likeness (QED) is 0.546. The van der Waals surface area contributed by atoms with Crippen molar-refractivity contribution in [2.24, 2.45) is 45.8 Å². The van der Waals surface area contributed by atoms with E-state index in [9.17, 15) is 9.59 Å². The van der Waals surface area contributed by atoms with Crippen molar-refractivity contribution in [3.8, 4) is 0 Å². The lowest BCUT2D eigenvalue weighted by molar-refractivity contribution is -0.149. The van der Waals surface area contributed by atoms with E-state index in [2.05, 4.69) is 20.8 Å². The zero-order valence-corrected chi connectivity index (χ0v) is 18.4. The molecule has 28 heavy (non-hydrogen) atoms. The van der Waals surface area contributed by atoms with Gasteiger partial charge < -0.3 is 0 Å². The number of hydrogen-bond acceptors (Lipinski definition) is 2. The summed E-state index contributed by atoms with van der Waals surface area (Å²) in [7, 11) is 0. The molecule has 4 fully saturated rings. The predicted octanol–water partition coefficient (Wildman–Crippen LogP) is 6.14. The number of fused-ring (bicyclic) bond motifs is 7. The van der Waals surface area contributed by atoms with Gasteiger partial charge in [0.1, 0.15) is 5.78 Å². The SMILES string of the molecule is CC(=O)C12CCCCC1CC1C3CC(C)C4=CC(=O)CC[C@]4(C)C3CC[C@@]12C. The highest BCUT2D eigenvalue weighted by atomic mass is 16.1. The fourth-order valence-electron chi connectivity index (χ4n) is 9.78. The van der Waals surface area contributed by atoms with Crippen molar-refractivity contribution in [3.05, 3.63) is 11.6 Å². The Kier molecular flexibility index (Phi) is 4.12. The first-order valence-corrected chi connectivity index (χ1v) is 12.0. The van der Waals surface area contributed by atoms with Gasteiger partial charge in [0.25, 0.3) is 0 Å². The Morgan fingerprint density at radius 1 is 1.04 bits per heavy atom. The van der Waals surface area contributed by atoms with Crippen molar-refractivity contribution in [2.75, 3.05) is 0 Å². The molecule has 154 valence electrons. The van der Waals surface area contributed by atoms with Crippen LogP contribution in [0.1, 0.15) is 91.9 Å². The number of carbonyl (C=O) groups is 2. The van der Waals surface area contributed by atoms with E-state index in [0.29, 0.717) is 35.2 Å². The van der Waals surface area contributed by atoms with Crippen LogP contribution < -0.4 is 0 Å². The van der Waals surface area contributed by atoms with Crippen LogP contribution in [0.15, 0.2) is 11.6 Å². The lowest BCUT2D eigenvalue weighted by atomic mass is 9.43. The minimum Gasteiger partial charge on any atom is -0.299 e. The Morgan fingerprint density at radius 2 is 1.82 bits per heavy atom. The van der Waals surface area contributed by atoms with Gasteiger partial charge in [-0.25, -0.2) is 0 Å². The summed E-state index contributed by atoms with van der Waals surface area (Å²) in [6.45, 7) is 9.28. The molecule has 0 spiro atoms. The van der Waals surface area contributed by atoms with Crippen LogP contribution in [0.25, 0.3) is 0 Å². The highest BCUT2D eigenvalue weighted by molar-refractivity contribution is 5.91. The highest BCUT2D eigenvalue weighted by Gasteiger charge is 2.69. The van der Waals surface area contributed by atoms with E-state index in [4.69, 9.17) is 0 Å². The van der Waals surface area contributed by atoms with Crippen LogP contribution in [0.5, 0.6) is 0 Å². The van der Waals surface area contributed by atoms with Crippen molar-refractivity contribution in [1.29, 1.82) is 0 Å². The fourth-order valence-corrected chi connectivity index (χ4v) is 9.78. The maximum Gasteiger partial charge on any atom is 0.155 e. The molecule has 6 unspecified atom stereocenters. The van der Waals surface area contributed by atoms with Gasteiger partial charge >= 0.3 is 0 Å². The van der Waals surface area contributed by atoms with Gasteiger partial charge in [0.05, 0.1) is 0 Å². The number of Topliss-reactive ketones (excluding diaryl/α,β-unsaturated/α-hetero) is 1. The fraction of sp³-hybridized carbons (Fsp3) is 0.846. The van der Waals surface area contributed by atoms with E-state index in [1.807, 2.05) is 13.0 Å². The van der Waals surface area contributed by atoms with Crippen LogP contribution in [-0.2, 0) is 9.59 Å². The first-order chi connectivity index (χ1) is 13.2. The van der Waals surface area contributed by atoms with Crippen LogP contribution >= 0.6 is 0 Å². The third kappa shape index (κ3) is 2.16. The molecule has 0 aliphatic heterocycles. The normalized spacial score (nSPS) is 52.8. The molecule has 2 heteroatoms. The molecule has 0 radical (unpaired) electrons. The van der Waals surface area contributed by atoms with Crippen molar-refractivity contribution in [1.82, 2.24) is 0 Å². The molecular weight excluding hydrogens is 344 g/mol. The van der Waals surface area contributed by atoms with Gasteiger partial charge in [0, 0.05) is 11.8 Å². The molecule has 0 bridgehead atoms. The zero-order chi connectivity index (χ0) is 19.9. The molecule has 0 aromatic carbocycles. The number of hydrogen-bond donors (Lipinski definition) is 0. The van der Waals surface area contributed by atoms with Gasteiger partial charge in [-0.15, -0.1) is 0 Å². The van der Waals surface area contributed by atoms with Gasteiger partial charge in [0.2, 0.25) is 0 Å². The Labute approximate surface area is 170 Å². The van der Waals surface area contributed by atoms with Crippen molar-refractivity contribution in [2.45, 2.75) is 91.9 Å². The molecule has 0 saturated heterocycles. The van der Waals surface area contributed by atoms with Crippen LogP contribution in [-0.4, -0.2) is 11.6 Å². The number of carbonyl (C=O) groups excluding carboxylic acids is 2. The average molecular weight is 383 g/mol. The first kappa shape index (κ1) is 19.1. The van der Waals surface area contributed by atoms with E-state index in [1.54, 1.807) is 0 Å². The summed E-state index contributed by atoms with van der Waals surface area (Å²) in [5.74, 6) is 4.16. The minimum atomic E-state index is -0.0380. The van der Waals surface area contributed by atoms with Gasteiger partial charge in [-0.1, -0.05) is 39.2 Å². The lowest BCUT2D eigenvalue weighted by Gasteiger charge is -2.61. The van der Waals surface area contributed by atoms with Crippen molar-refractivity contribution in [3.63, 3.8) is 0 Å². The van der Waals surface area contributed by atoms with Gasteiger partial charge in [-0.3, -0.25) is 9.59 Å². The largest absolute Gasteiger partial charge is 0.299 e. The second-order valence-corrected chi connectivity index (χ2v) is 11.7. The Hall–Kier alpha value is -0.920. The maximum atomic E-state index is 13.2. The summed E-state index contributed by atoms with van der Waals surface area (Å²) >= 11 is 0. The molecular formula is C26H38O2. The summed E-state index contributed by atoms with van der Waals surface area (Å²) in [4.78, 5) is 25.3. The smallest absolute Gasteiger partial charge is 0.155 e. The summed E-state index contributed by atoms with van der Waals surface area (Å²) < 4.78 is 0. The standard InChI is InChI=1S/C26H38O2/c1-16-13-20-21(24(3)11-8-19(28)15-22(16)24)9-12-25(4)23(20)14-18-7-5-6-10-26(18,25)17(2)27/h15-16,18,20-21,23H,5-14H2,1-4H3/t16?,18?,20?,21?,23?,24-,25+,26?/m1/s1. The molecule has 0 heterocycles. The Morgan fingerprint density at radius 3 is 2.57 bits per heavy atom. The van der Waals surface area contributed by atoms with E-state index in [1.165, 1.54) is 50.5 Å². The topological polar surface area (TPSA) is 34.1 Å². The second-order valence-electron chi connectivity index (χ2n) is 11.7. The van der Waals surface area contributed by atoms with Crippen LogP contribution in [0.3, 0.4) is 0 Å². The Balaban J connectivity index is 1.57. The molecule has 4 saturated carbocycles. The molecule has 0 N–H and O–H groups in total. The highest BCUT2D eigenvalue weighted by Crippen LogP contribution is 2.74. The van der Waals surface area contributed by atoms with Gasteiger partial charge in [-0.05, 0) is 98.4 Å². The monoisotopic (exact) mass is 382 g/mol. The first-order valence-electron chi connectivity index (χ1n) is 12.0. The van der Waals surface area contributed by atoms with Gasteiger partial charge in [0.15, 0.2) is 5.78 Å². The molecule has 0 aromatic heterocycles. The summed E-state index contributed by atoms with van der Waals surface area (Å²) in [5.41, 5.74) is 1.84. The van der Waals surface area contributed by atoms with Crippen molar-refractivity contribution >= 4 is 11.6 Å². The molecule has 8 atom stereocenters. The van der Waals surface area contributed by atoms with E-state index < -0.39 is 0 Å². The number of rotatable bonds is 1. The summed E-state index contributed by atoms with van der Waals surface area (Å²) in [6, 6.07) is 0. The predicted molar refractivity (Wildman–Crippen MR) is 112 cm³/mol.